The van der Waals surface area contributed by atoms with Gasteiger partial charge in [0.05, 0.1) is 4.90 Å². The zero-order valence-corrected chi connectivity index (χ0v) is 12.8. The van der Waals surface area contributed by atoms with Crippen molar-refractivity contribution in [1.29, 1.82) is 0 Å². The average molecular weight is 303 g/mol. The lowest BCUT2D eigenvalue weighted by atomic mass is 10.2. The van der Waals surface area contributed by atoms with Crippen molar-refractivity contribution in [3.63, 3.8) is 0 Å². The van der Waals surface area contributed by atoms with Crippen molar-refractivity contribution >= 4 is 10.0 Å². The minimum Gasteiger partial charge on any atom is -0.236 e. The molecule has 0 saturated carbocycles. The molecule has 0 spiro atoms. The molecule has 2 rings (SSSR count). The predicted octanol–water partition coefficient (Wildman–Crippen LogP) is 2.08. The number of nitrogens with zero attached hydrogens (tertiary/aromatic N) is 1. The van der Waals surface area contributed by atoms with Crippen molar-refractivity contribution < 1.29 is 8.42 Å². The summed E-state index contributed by atoms with van der Waals surface area (Å²) in [4.78, 5) is 0.327. The minimum absolute atomic E-state index is 0.309. The van der Waals surface area contributed by atoms with Crippen LogP contribution in [0.25, 0.3) is 0 Å². The van der Waals surface area contributed by atoms with E-state index >= 15 is 0 Å². The molecule has 0 aliphatic heterocycles. The van der Waals surface area contributed by atoms with Gasteiger partial charge in [0.1, 0.15) is 0 Å². The average Bonchev–Trinajstić information content (AvgIpc) is 2.48. The molecule has 0 fully saturated rings. The van der Waals surface area contributed by atoms with Gasteiger partial charge in [0, 0.05) is 19.6 Å². The Kier molecular flexibility index (Phi) is 5.50. The van der Waals surface area contributed by atoms with Gasteiger partial charge in [-0.2, -0.15) is 0 Å². The zero-order valence-electron chi connectivity index (χ0n) is 12.0. The van der Waals surface area contributed by atoms with Crippen molar-refractivity contribution in [2.45, 2.75) is 18.4 Å². The summed E-state index contributed by atoms with van der Waals surface area (Å²) in [6, 6.07) is 16.8. The maximum Gasteiger partial charge on any atom is 0.240 e. The van der Waals surface area contributed by atoms with Crippen LogP contribution < -0.4 is 10.0 Å². The van der Waals surface area contributed by atoms with E-state index < -0.39 is 10.0 Å². The maximum absolute atomic E-state index is 12.1. The smallest absolute Gasteiger partial charge is 0.236 e. The van der Waals surface area contributed by atoms with E-state index in [1.54, 1.807) is 25.1 Å². The minimum atomic E-state index is -3.45. The van der Waals surface area contributed by atoms with Crippen LogP contribution in [0.5, 0.6) is 0 Å². The van der Waals surface area contributed by atoms with Gasteiger partial charge in [-0.1, -0.05) is 48.5 Å². The molecule has 1 radical (unpaired) electrons. The normalized spacial score (nSPS) is 11.5. The van der Waals surface area contributed by atoms with Gasteiger partial charge >= 0.3 is 0 Å². The molecule has 21 heavy (non-hydrogen) atoms. The molecule has 2 aromatic rings. The van der Waals surface area contributed by atoms with Crippen molar-refractivity contribution in [2.75, 3.05) is 13.1 Å². The van der Waals surface area contributed by atoms with Crippen molar-refractivity contribution in [3.05, 3.63) is 65.7 Å². The summed E-state index contributed by atoms with van der Waals surface area (Å²) in [5, 5.41) is 4.33. The number of hydrogen-bond donors (Lipinski definition) is 1. The van der Waals surface area contributed by atoms with Gasteiger partial charge in [0.25, 0.3) is 0 Å². The molecule has 5 heteroatoms. The fourth-order valence-corrected chi connectivity index (χ4v) is 3.25. The van der Waals surface area contributed by atoms with Crippen LogP contribution in [0.3, 0.4) is 0 Å². The van der Waals surface area contributed by atoms with E-state index in [9.17, 15) is 8.42 Å². The summed E-state index contributed by atoms with van der Waals surface area (Å²) in [7, 11) is -3.45. The van der Waals surface area contributed by atoms with Gasteiger partial charge < -0.3 is 0 Å². The van der Waals surface area contributed by atoms with Gasteiger partial charge in [-0.3, -0.25) is 0 Å². The second kappa shape index (κ2) is 7.36. The van der Waals surface area contributed by atoms with Crippen LogP contribution >= 0.6 is 0 Å². The first-order chi connectivity index (χ1) is 10.1. The van der Waals surface area contributed by atoms with E-state index in [4.69, 9.17) is 0 Å². The number of nitrogens with one attached hydrogen (secondary N) is 1. The van der Waals surface area contributed by atoms with E-state index in [2.05, 4.69) is 10.0 Å². The largest absolute Gasteiger partial charge is 0.240 e. The first-order valence-corrected chi connectivity index (χ1v) is 8.30. The number of aryl methyl sites for hydroxylation is 1. The Balaban J connectivity index is 1.79. The molecule has 0 aromatic heterocycles. The molecule has 0 aliphatic rings. The second-order valence-corrected chi connectivity index (χ2v) is 6.49. The lowest BCUT2D eigenvalue weighted by Crippen LogP contribution is -2.29. The van der Waals surface area contributed by atoms with Crippen molar-refractivity contribution in [2.24, 2.45) is 0 Å². The Morgan fingerprint density at radius 2 is 1.67 bits per heavy atom. The highest BCUT2D eigenvalue weighted by Crippen LogP contribution is 2.13. The number of benzene rings is 2. The highest BCUT2D eigenvalue weighted by molar-refractivity contribution is 7.89. The molecule has 2 aromatic carbocycles. The fourth-order valence-electron chi connectivity index (χ4n) is 1.99. The van der Waals surface area contributed by atoms with Crippen LogP contribution in [0.15, 0.2) is 59.5 Å². The van der Waals surface area contributed by atoms with Crippen LogP contribution in [0.1, 0.15) is 11.1 Å². The monoisotopic (exact) mass is 303 g/mol. The molecule has 0 bridgehead atoms. The predicted molar refractivity (Wildman–Crippen MR) is 83.5 cm³/mol. The van der Waals surface area contributed by atoms with Crippen LogP contribution in [0.2, 0.25) is 0 Å². The Bertz CT molecular complexity index is 670. The Morgan fingerprint density at radius 3 is 2.38 bits per heavy atom. The van der Waals surface area contributed by atoms with Gasteiger partial charge in [0.2, 0.25) is 10.0 Å². The summed E-state index contributed by atoms with van der Waals surface area (Å²) < 4.78 is 26.8. The van der Waals surface area contributed by atoms with E-state index in [0.717, 1.165) is 11.1 Å². The quantitative estimate of drug-likeness (QED) is 0.796. The lowest BCUT2D eigenvalue weighted by molar-refractivity contribution is 0.574. The van der Waals surface area contributed by atoms with Crippen LogP contribution in [-0.4, -0.2) is 21.5 Å². The molecule has 0 atom stereocenters. The molecular formula is C16H19N2O2S. The Morgan fingerprint density at radius 1 is 1.00 bits per heavy atom. The van der Waals surface area contributed by atoms with E-state index in [1.165, 1.54) is 0 Å². The number of sulfonamides is 1. The number of rotatable bonds is 7. The topological polar surface area (TPSA) is 60.3 Å². The molecular weight excluding hydrogens is 284 g/mol. The third-order valence-electron chi connectivity index (χ3n) is 3.08. The van der Waals surface area contributed by atoms with Gasteiger partial charge in [0.15, 0.2) is 0 Å². The number of hydrogen-bond acceptors (Lipinski definition) is 2. The summed E-state index contributed by atoms with van der Waals surface area (Å²) in [6.07, 6.45) is 0. The van der Waals surface area contributed by atoms with Crippen LogP contribution in [-0.2, 0) is 16.6 Å². The standard InChI is InChI=1S/C16H19N2O2S/c1-14-7-5-6-10-16(14)21(19,20)18-12-11-17-13-15-8-3-2-4-9-15/h2-10,18H,11-13H2,1H3. The summed E-state index contributed by atoms with van der Waals surface area (Å²) in [5.41, 5.74) is 1.87. The molecule has 4 nitrogen and oxygen atoms in total. The van der Waals surface area contributed by atoms with E-state index in [-0.39, 0.29) is 0 Å². The van der Waals surface area contributed by atoms with Crippen molar-refractivity contribution in [1.82, 2.24) is 10.0 Å². The summed E-state index contributed by atoms with van der Waals surface area (Å²) in [6.45, 7) is 3.16. The molecule has 0 aliphatic carbocycles. The van der Waals surface area contributed by atoms with Crippen LogP contribution in [0, 0.1) is 6.92 Å². The fraction of sp³-hybridized carbons (Fsp3) is 0.250. The van der Waals surface area contributed by atoms with Crippen molar-refractivity contribution in [3.8, 4) is 0 Å². The Labute approximate surface area is 126 Å². The second-order valence-electron chi connectivity index (χ2n) is 4.75. The van der Waals surface area contributed by atoms with Gasteiger partial charge in [-0.05, 0) is 24.1 Å². The first-order valence-electron chi connectivity index (χ1n) is 6.82. The highest BCUT2D eigenvalue weighted by atomic mass is 32.2. The summed E-state index contributed by atoms with van der Waals surface area (Å²) >= 11 is 0. The van der Waals surface area contributed by atoms with Gasteiger partial charge in [-0.15, -0.1) is 0 Å². The third kappa shape index (κ3) is 4.67. The lowest BCUT2D eigenvalue weighted by Gasteiger charge is -2.09. The molecule has 1 N–H and O–H groups in total. The molecule has 0 amide bonds. The van der Waals surface area contributed by atoms with Crippen LogP contribution in [0.4, 0.5) is 0 Å². The molecule has 0 heterocycles. The first kappa shape index (κ1) is 15.7. The zero-order chi connectivity index (χ0) is 15.1. The maximum atomic E-state index is 12.1. The molecule has 0 saturated heterocycles. The molecule has 0 unspecified atom stereocenters. The third-order valence-corrected chi connectivity index (χ3v) is 4.70. The highest BCUT2D eigenvalue weighted by Gasteiger charge is 2.14. The van der Waals surface area contributed by atoms with E-state index in [0.29, 0.717) is 24.5 Å². The molecule has 111 valence electrons. The SMILES string of the molecule is Cc1ccccc1S(=O)(=O)NCC[N]Cc1ccccc1. The van der Waals surface area contributed by atoms with Gasteiger partial charge in [-0.25, -0.2) is 18.5 Å². The summed E-state index contributed by atoms with van der Waals surface area (Å²) in [5.74, 6) is 0. The Hall–Kier alpha value is -1.69. The van der Waals surface area contributed by atoms with E-state index in [1.807, 2.05) is 36.4 Å².